The van der Waals surface area contributed by atoms with Crippen molar-refractivity contribution >= 4 is 22.5 Å². The number of ketones is 1. The highest BCUT2D eigenvalue weighted by molar-refractivity contribution is 6.17. The maximum absolute atomic E-state index is 12.7. The summed E-state index contributed by atoms with van der Waals surface area (Å²) in [7, 11) is 1.58. The van der Waals surface area contributed by atoms with Crippen LogP contribution < -0.4 is 0 Å². The zero-order chi connectivity index (χ0) is 15.9. The highest BCUT2D eigenvalue weighted by atomic mass is 16.4. The van der Waals surface area contributed by atoms with Gasteiger partial charge in [-0.3, -0.25) is 4.79 Å². The van der Waals surface area contributed by atoms with Crippen molar-refractivity contribution in [3.8, 4) is 5.75 Å². The second kappa shape index (κ2) is 5.04. The fourth-order valence-electron chi connectivity index (χ4n) is 2.55. The van der Waals surface area contributed by atoms with Crippen molar-refractivity contribution in [3.63, 3.8) is 0 Å². The van der Waals surface area contributed by atoms with Crippen LogP contribution in [0.5, 0.6) is 5.75 Å². The third-order valence-corrected chi connectivity index (χ3v) is 3.63. The lowest BCUT2D eigenvalue weighted by atomic mass is 9.98. The predicted molar refractivity (Wildman–Crippen MR) is 81.4 cm³/mol. The maximum Gasteiger partial charge on any atom is 0.352 e. The summed E-state index contributed by atoms with van der Waals surface area (Å²) in [5.41, 5.74) is 0.776. The molecule has 1 heterocycles. The SMILES string of the molecule is Cn1cc(C(=O)c2cccc3c(O)cccc23)cc1C(=O)O. The van der Waals surface area contributed by atoms with Gasteiger partial charge in [0.1, 0.15) is 11.4 Å². The van der Waals surface area contributed by atoms with Gasteiger partial charge in [0.15, 0.2) is 5.78 Å². The second-order valence-corrected chi connectivity index (χ2v) is 5.04. The molecular formula is C17H13NO4. The molecule has 5 heteroatoms. The fourth-order valence-corrected chi connectivity index (χ4v) is 2.55. The van der Waals surface area contributed by atoms with E-state index in [0.29, 0.717) is 21.9 Å². The summed E-state index contributed by atoms with van der Waals surface area (Å²) in [5.74, 6) is -1.26. The highest BCUT2D eigenvalue weighted by Crippen LogP contribution is 2.28. The molecule has 0 unspecified atom stereocenters. The van der Waals surface area contributed by atoms with E-state index in [1.807, 2.05) is 0 Å². The lowest BCUT2D eigenvalue weighted by molar-refractivity contribution is 0.0686. The van der Waals surface area contributed by atoms with Crippen LogP contribution in [-0.2, 0) is 7.05 Å². The molecule has 0 amide bonds. The van der Waals surface area contributed by atoms with Crippen LogP contribution in [-0.4, -0.2) is 26.5 Å². The molecule has 5 nitrogen and oxygen atoms in total. The monoisotopic (exact) mass is 295 g/mol. The predicted octanol–water partition coefficient (Wildman–Crippen LogP) is 2.81. The Morgan fingerprint density at radius 3 is 2.41 bits per heavy atom. The minimum absolute atomic E-state index is 0.0476. The van der Waals surface area contributed by atoms with Crippen LogP contribution in [0, 0.1) is 0 Å². The van der Waals surface area contributed by atoms with E-state index in [1.54, 1.807) is 43.4 Å². The standard InChI is InChI=1S/C17H13NO4/c1-18-9-10(8-14(18)17(21)22)16(20)13-6-2-5-12-11(13)4-3-7-15(12)19/h2-9,19H,1H3,(H,21,22). The van der Waals surface area contributed by atoms with Crippen molar-refractivity contribution in [3.05, 3.63) is 65.5 Å². The molecule has 3 aromatic rings. The van der Waals surface area contributed by atoms with Gasteiger partial charge in [-0.2, -0.15) is 0 Å². The van der Waals surface area contributed by atoms with Crippen LogP contribution in [0.25, 0.3) is 10.8 Å². The number of carbonyl (C=O) groups is 2. The largest absolute Gasteiger partial charge is 0.507 e. The van der Waals surface area contributed by atoms with Gasteiger partial charge in [-0.05, 0) is 17.5 Å². The number of aromatic hydroxyl groups is 1. The molecule has 0 saturated carbocycles. The van der Waals surface area contributed by atoms with Crippen LogP contribution in [0.2, 0.25) is 0 Å². The maximum atomic E-state index is 12.7. The number of carboxylic acid groups (broad SMARTS) is 1. The number of phenols is 1. The van der Waals surface area contributed by atoms with E-state index in [0.717, 1.165) is 0 Å². The molecule has 110 valence electrons. The average Bonchev–Trinajstić information content (AvgIpc) is 2.89. The Kier molecular flexibility index (Phi) is 3.18. The van der Waals surface area contributed by atoms with E-state index in [-0.39, 0.29) is 17.2 Å². The number of rotatable bonds is 3. The Morgan fingerprint density at radius 1 is 1.05 bits per heavy atom. The number of benzene rings is 2. The summed E-state index contributed by atoms with van der Waals surface area (Å²) >= 11 is 0. The quantitative estimate of drug-likeness (QED) is 0.728. The number of aromatic carboxylic acids is 1. The Morgan fingerprint density at radius 2 is 1.73 bits per heavy atom. The van der Waals surface area contributed by atoms with Crippen molar-refractivity contribution in [2.24, 2.45) is 7.05 Å². The highest BCUT2D eigenvalue weighted by Gasteiger charge is 2.18. The Hall–Kier alpha value is -3.08. The molecule has 0 aliphatic carbocycles. The minimum Gasteiger partial charge on any atom is -0.507 e. The van der Waals surface area contributed by atoms with Gasteiger partial charge in [0.25, 0.3) is 0 Å². The molecular weight excluding hydrogens is 282 g/mol. The summed E-state index contributed by atoms with van der Waals surface area (Å²) < 4.78 is 1.40. The van der Waals surface area contributed by atoms with E-state index in [1.165, 1.54) is 16.8 Å². The van der Waals surface area contributed by atoms with Gasteiger partial charge < -0.3 is 14.8 Å². The minimum atomic E-state index is -1.09. The van der Waals surface area contributed by atoms with Crippen LogP contribution >= 0.6 is 0 Å². The van der Waals surface area contributed by atoms with Crippen LogP contribution in [0.3, 0.4) is 0 Å². The zero-order valence-corrected chi connectivity index (χ0v) is 11.8. The number of aromatic nitrogens is 1. The number of carbonyl (C=O) groups excluding carboxylic acids is 1. The van der Waals surface area contributed by atoms with Crippen LogP contribution in [0.1, 0.15) is 26.4 Å². The van der Waals surface area contributed by atoms with Crippen LogP contribution in [0.4, 0.5) is 0 Å². The molecule has 0 aliphatic rings. The lowest BCUT2D eigenvalue weighted by Gasteiger charge is -2.06. The normalized spacial score (nSPS) is 10.8. The van der Waals surface area contributed by atoms with Gasteiger partial charge in [-0.15, -0.1) is 0 Å². The molecule has 0 fully saturated rings. The van der Waals surface area contributed by atoms with E-state index in [4.69, 9.17) is 5.11 Å². The molecule has 2 N–H and O–H groups in total. The first kappa shape index (κ1) is 13.9. The van der Waals surface area contributed by atoms with Crippen molar-refractivity contribution in [1.82, 2.24) is 4.57 Å². The summed E-state index contributed by atoms with van der Waals surface area (Å²) in [6.45, 7) is 0. The third-order valence-electron chi connectivity index (χ3n) is 3.63. The second-order valence-electron chi connectivity index (χ2n) is 5.04. The van der Waals surface area contributed by atoms with Crippen molar-refractivity contribution in [2.45, 2.75) is 0 Å². The first-order chi connectivity index (χ1) is 10.5. The Labute approximate surface area is 126 Å². The fraction of sp³-hybridized carbons (Fsp3) is 0.0588. The van der Waals surface area contributed by atoms with Gasteiger partial charge in [0, 0.05) is 29.8 Å². The van der Waals surface area contributed by atoms with E-state index in [9.17, 15) is 14.7 Å². The van der Waals surface area contributed by atoms with Gasteiger partial charge >= 0.3 is 5.97 Å². The molecule has 0 aliphatic heterocycles. The number of nitrogens with zero attached hydrogens (tertiary/aromatic N) is 1. The average molecular weight is 295 g/mol. The number of carboxylic acids is 1. The molecule has 0 spiro atoms. The summed E-state index contributed by atoms with van der Waals surface area (Å²) in [5, 5.41) is 20.2. The molecule has 3 rings (SSSR count). The third kappa shape index (κ3) is 2.13. The number of phenolic OH excluding ortho intramolecular Hbond substituents is 1. The molecule has 2 aromatic carbocycles. The summed E-state index contributed by atoms with van der Waals surface area (Å²) in [6, 6.07) is 11.4. The first-order valence-corrected chi connectivity index (χ1v) is 6.64. The first-order valence-electron chi connectivity index (χ1n) is 6.64. The van der Waals surface area contributed by atoms with Gasteiger partial charge in [0.2, 0.25) is 0 Å². The number of hydrogen-bond donors (Lipinski definition) is 2. The number of hydrogen-bond acceptors (Lipinski definition) is 3. The molecule has 0 atom stereocenters. The van der Waals surface area contributed by atoms with Gasteiger partial charge in [-0.1, -0.05) is 30.3 Å². The number of fused-ring (bicyclic) bond motifs is 1. The Bertz CT molecular complexity index is 908. The molecule has 0 saturated heterocycles. The van der Waals surface area contributed by atoms with E-state index < -0.39 is 5.97 Å². The topological polar surface area (TPSA) is 79.5 Å². The smallest absolute Gasteiger partial charge is 0.352 e. The van der Waals surface area contributed by atoms with E-state index >= 15 is 0 Å². The van der Waals surface area contributed by atoms with Gasteiger partial charge in [0.05, 0.1) is 0 Å². The molecule has 0 radical (unpaired) electrons. The molecule has 1 aromatic heterocycles. The zero-order valence-electron chi connectivity index (χ0n) is 11.8. The number of aryl methyl sites for hydroxylation is 1. The van der Waals surface area contributed by atoms with Gasteiger partial charge in [-0.25, -0.2) is 4.79 Å². The van der Waals surface area contributed by atoms with Crippen LogP contribution in [0.15, 0.2) is 48.7 Å². The molecule has 22 heavy (non-hydrogen) atoms. The van der Waals surface area contributed by atoms with Crippen molar-refractivity contribution in [2.75, 3.05) is 0 Å². The van der Waals surface area contributed by atoms with Crippen molar-refractivity contribution < 1.29 is 19.8 Å². The van der Waals surface area contributed by atoms with Crippen molar-refractivity contribution in [1.29, 1.82) is 0 Å². The summed E-state index contributed by atoms with van der Waals surface area (Å²) in [4.78, 5) is 23.8. The van der Waals surface area contributed by atoms with E-state index in [2.05, 4.69) is 0 Å². The molecule has 0 bridgehead atoms. The summed E-state index contributed by atoms with van der Waals surface area (Å²) in [6.07, 6.45) is 1.49. The Balaban J connectivity index is 2.16. The lowest BCUT2D eigenvalue weighted by Crippen LogP contribution is -2.02.